The lowest BCUT2D eigenvalue weighted by molar-refractivity contribution is 0.0393. The molecule has 1 atom stereocenters. The molecule has 0 aliphatic carbocycles. The molecule has 1 aromatic rings. The van der Waals surface area contributed by atoms with Gasteiger partial charge in [-0.2, -0.15) is 9.57 Å². The van der Waals surface area contributed by atoms with Crippen molar-refractivity contribution < 1.29 is 13.2 Å². The molecule has 0 amide bonds. The van der Waals surface area contributed by atoms with Gasteiger partial charge in [-0.05, 0) is 31.2 Å². The summed E-state index contributed by atoms with van der Waals surface area (Å²) in [6.45, 7) is 3.01. The fourth-order valence-electron chi connectivity index (χ4n) is 1.91. The van der Waals surface area contributed by atoms with Gasteiger partial charge in [0.25, 0.3) is 0 Å². The van der Waals surface area contributed by atoms with Crippen molar-refractivity contribution in [3.63, 3.8) is 0 Å². The fourth-order valence-corrected chi connectivity index (χ4v) is 3.51. The molecule has 1 heterocycles. The fraction of sp³-hybridized carbons (Fsp3) is 0.417. The van der Waals surface area contributed by atoms with E-state index in [2.05, 4.69) is 0 Å². The average molecular weight is 266 g/mol. The van der Waals surface area contributed by atoms with Crippen molar-refractivity contribution in [2.24, 2.45) is 0 Å². The number of nitrogens with zero attached hydrogens (tertiary/aromatic N) is 2. The summed E-state index contributed by atoms with van der Waals surface area (Å²) in [5.41, 5.74) is 0.448. The predicted molar refractivity (Wildman–Crippen MR) is 65.3 cm³/mol. The summed E-state index contributed by atoms with van der Waals surface area (Å²) < 4.78 is 31.4. The van der Waals surface area contributed by atoms with E-state index < -0.39 is 10.0 Å². The van der Waals surface area contributed by atoms with Crippen LogP contribution in [0.3, 0.4) is 0 Å². The molecular weight excluding hydrogens is 252 g/mol. The van der Waals surface area contributed by atoms with E-state index in [4.69, 9.17) is 10.00 Å². The van der Waals surface area contributed by atoms with Crippen LogP contribution in [0.4, 0.5) is 0 Å². The Hall–Kier alpha value is -1.42. The van der Waals surface area contributed by atoms with Crippen molar-refractivity contribution >= 4 is 10.0 Å². The zero-order chi connectivity index (χ0) is 13.2. The third-order valence-corrected chi connectivity index (χ3v) is 4.92. The first-order valence-electron chi connectivity index (χ1n) is 5.65. The van der Waals surface area contributed by atoms with Crippen LogP contribution in [0.5, 0.6) is 0 Å². The number of ether oxygens (including phenoxy) is 1. The molecule has 0 radical (unpaired) electrons. The molecule has 18 heavy (non-hydrogen) atoms. The molecule has 0 N–H and O–H groups in total. The van der Waals surface area contributed by atoms with E-state index in [1.54, 1.807) is 0 Å². The molecular formula is C12H14N2O3S. The molecule has 5 nitrogen and oxygen atoms in total. The molecule has 0 aromatic heterocycles. The number of nitriles is 1. The van der Waals surface area contributed by atoms with E-state index in [0.29, 0.717) is 25.3 Å². The van der Waals surface area contributed by atoms with Gasteiger partial charge < -0.3 is 4.74 Å². The van der Waals surface area contributed by atoms with Gasteiger partial charge in [0.1, 0.15) is 0 Å². The van der Waals surface area contributed by atoms with Crippen molar-refractivity contribution in [1.29, 1.82) is 5.26 Å². The summed E-state index contributed by atoms with van der Waals surface area (Å²) >= 11 is 0. The molecule has 1 aromatic carbocycles. The van der Waals surface area contributed by atoms with E-state index in [-0.39, 0.29) is 10.9 Å². The van der Waals surface area contributed by atoms with Gasteiger partial charge in [-0.25, -0.2) is 8.42 Å². The zero-order valence-corrected chi connectivity index (χ0v) is 10.9. The molecule has 0 saturated carbocycles. The first kappa shape index (κ1) is 13.0. The van der Waals surface area contributed by atoms with Crippen LogP contribution in [0, 0.1) is 11.3 Å². The number of hydrogen-bond acceptors (Lipinski definition) is 4. The summed E-state index contributed by atoms with van der Waals surface area (Å²) in [6.07, 6.45) is 0. The summed E-state index contributed by atoms with van der Waals surface area (Å²) in [5.74, 6) is 0. The maximum Gasteiger partial charge on any atom is 0.243 e. The van der Waals surface area contributed by atoms with Crippen molar-refractivity contribution in [1.82, 2.24) is 4.31 Å². The van der Waals surface area contributed by atoms with Crippen LogP contribution >= 0.6 is 0 Å². The second-order valence-electron chi connectivity index (χ2n) is 4.18. The Morgan fingerprint density at radius 1 is 1.39 bits per heavy atom. The van der Waals surface area contributed by atoms with E-state index in [9.17, 15) is 8.42 Å². The SMILES string of the molecule is CC1COCCN1S(=O)(=O)c1ccc(C#N)cc1. The Morgan fingerprint density at radius 2 is 2.06 bits per heavy atom. The smallest absolute Gasteiger partial charge is 0.243 e. The highest BCUT2D eigenvalue weighted by molar-refractivity contribution is 7.89. The van der Waals surface area contributed by atoms with Gasteiger partial charge in [-0.15, -0.1) is 0 Å². The van der Waals surface area contributed by atoms with Gasteiger partial charge in [-0.3, -0.25) is 0 Å². The van der Waals surface area contributed by atoms with Gasteiger partial charge >= 0.3 is 0 Å². The Morgan fingerprint density at radius 3 is 2.61 bits per heavy atom. The molecule has 2 rings (SSSR count). The highest BCUT2D eigenvalue weighted by Gasteiger charge is 2.31. The molecule has 1 aliphatic rings. The minimum Gasteiger partial charge on any atom is -0.378 e. The number of morpholine rings is 1. The first-order valence-corrected chi connectivity index (χ1v) is 7.09. The quantitative estimate of drug-likeness (QED) is 0.799. The minimum atomic E-state index is -3.49. The second kappa shape index (κ2) is 5.06. The van der Waals surface area contributed by atoms with Crippen molar-refractivity contribution in [2.75, 3.05) is 19.8 Å². The number of benzene rings is 1. The lowest BCUT2D eigenvalue weighted by atomic mass is 10.2. The van der Waals surface area contributed by atoms with Crippen molar-refractivity contribution in [3.8, 4) is 6.07 Å². The molecule has 0 spiro atoms. The van der Waals surface area contributed by atoms with Crippen LogP contribution in [0.25, 0.3) is 0 Å². The van der Waals surface area contributed by atoms with E-state index in [1.165, 1.54) is 28.6 Å². The number of rotatable bonds is 2. The molecule has 1 fully saturated rings. The predicted octanol–water partition coefficient (Wildman–Crippen LogP) is 0.968. The van der Waals surface area contributed by atoms with E-state index >= 15 is 0 Å². The second-order valence-corrected chi connectivity index (χ2v) is 6.07. The van der Waals surface area contributed by atoms with E-state index in [1.807, 2.05) is 13.0 Å². The molecule has 1 aliphatic heterocycles. The minimum absolute atomic E-state index is 0.167. The third-order valence-electron chi connectivity index (χ3n) is 2.90. The summed E-state index contributed by atoms with van der Waals surface area (Å²) in [6, 6.07) is 7.76. The lowest BCUT2D eigenvalue weighted by Gasteiger charge is -2.32. The first-order chi connectivity index (χ1) is 8.55. The topological polar surface area (TPSA) is 70.4 Å². The van der Waals surface area contributed by atoms with Gasteiger partial charge in [-0.1, -0.05) is 0 Å². The standard InChI is InChI=1S/C12H14N2O3S/c1-10-9-17-7-6-14(10)18(15,16)12-4-2-11(8-13)3-5-12/h2-5,10H,6-7,9H2,1H3. The van der Waals surface area contributed by atoms with Crippen LogP contribution < -0.4 is 0 Å². The molecule has 1 unspecified atom stereocenters. The maximum absolute atomic E-state index is 12.4. The molecule has 6 heteroatoms. The van der Waals surface area contributed by atoms with Crippen molar-refractivity contribution in [3.05, 3.63) is 29.8 Å². The normalized spacial score (nSPS) is 21.4. The van der Waals surface area contributed by atoms with Crippen LogP contribution in [0.1, 0.15) is 12.5 Å². The third kappa shape index (κ3) is 2.38. The average Bonchev–Trinajstić information content (AvgIpc) is 2.39. The number of hydrogen-bond donors (Lipinski definition) is 0. The Balaban J connectivity index is 2.32. The van der Waals surface area contributed by atoms with Crippen LogP contribution in [-0.4, -0.2) is 38.5 Å². The highest BCUT2D eigenvalue weighted by Crippen LogP contribution is 2.20. The van der Waals surface area contributed by atoms with Gasteiger partial charge in [0.2, 0.25) is 10.0 Å². The van der Waals surface area contributed by atoms with Crippen LogP contribution in [0.2, 0.25) is 0 Å². The zero-order valence-electron chi connectivity index (χ0n) is 10.0. The van der Waals surface area contributed by atoms with Gasteiger partial charge in [0.05, 0.1) is 29.7 Å². The maximum atomic E-state index is 12.4. The molecule has 96 valence electrons. The Kier molecular flexibility index (Phi) is 3.66. The Labute approximate surface area is 107 Å². The molecule has 1 saturated heterocycles. The van der Waals surface area contributed by atoms with Crippen molar-refractivity contribution in [2.45, 2.75) is 17.9 Å². The van der Waals surface area contributed by atoms with Crippen LogP contribution in [-0.2, 0) is 14.8 Å². The Bertz CT molecular complexity index is 560. The molecule has 0 bridgehead atoms. The van der Waals surface area contributed by atoms with Gasteiger partial charge in [0, 0.05) is 12.6 Å². The monoisotopic (exact) mass is 266 g/mol. The van der Waals surface area contributed by atoms with E-state index in [0.717, 1.165) is 0 Å². The summed E-state index contributed by atoms with van der Waals surface area (Å²) in [5, 5.41) is 8.70. The van der Waals surface area contributed by atoms with Crippen LogP contribution in [0.15, 0.2) is 29.2 Å². The summed E-state index contributed by atoms with van der Waals surface area (Å²) in [4.78, 5) is 0.218. The number of sulfonamides is 1. The highest BCUT2D eigenvalue weighted by atomic mass is 32.2. The largest absolute Gasteiger partial charge is 0.378 e. The lowest BCUT2D eigenvalue weighted by Crippen LogP contribution is -2.46. The summed E-state index contributed by atoms with van der Waals surface area (Å²) in [7, 11) is -3.49. The van der Waals surface area contributed by atoms with Gasteiger partial charge in [0.15, 0.2) is 0 Å².